The van der Waals surface area contributed by atoms with Crippen molar-refractivity contribution < 1.29 is 13.2 Å². The number of ether oxygens (including phenoxy) is 1. The number of aromatic nitrogens is 1. The minimum absolute atomic E-state index is 0.0342. The summed E-state index contributed by atoms with van der Waals surface area (Å²) in [6, 6.07) is 14.5. The van der Waals surface area contributed by atoms with Crippen LogP contribution < -0.4 is 14.8 Å². The van der Waals surface area contributed by atoms with E-state index in [2.05, 4.69) is 20.0 Å². The third kappa shape index (κ3) is 4.07. The molecule has 10 heteroatoms. The van der Waals surface area contributed by atoms with Gasteiger partial charge in [-0.1, -0.05) is 41.4 Å². The molecule has 0 bridgehead atoms. The number of benzene rings is 2. The fourth-order valence-electron chi connectivity index (χ4n) is 2.93. The Labute approximate surface area is 183 Å². The summed E-state index contributed by atoms with van der Waals surface area (Å²) in [7, 11) is -3.86. The SMILES string of the molecule is CC(N=C1Nc2c(Oc3ccccc3Cl)cccc2S(=O)(=O)N1)c1ncccc1Cl. The van der Waals surface area contributed by atoms with E-state index in [0.29, 0.717) is 27.2 Å². The second-order valence-electron chi connectivity index (χ2n) is 6.42. The van der Waals surface area contributed by atoms with Crippen molar-refractivity contribution in [2.75, 3.05) is 5.32 Å². The van der Waals surface area contributed by atoms with E-state index in [1.165, 1.54) is 6.07 Å². The Balaban J connectivity index is 1.73. The van der Waals surface area contributed by atoms with Crippen LogP contribution in [-0.4, -0.2) is 19.4 Å². The van der Waals surface area contributed by atoms with Gasteiger partial charge in [0.05, 0.1) is 21.8 Å². The molecule has 1 atom stereocenters. The minimum atomic E-state index is -3.86. The van der Waals surface area contributed by atoms with Gasteiger partial charge in [-0.25, -0.2) is 18.1 Å². The van der Waals surface area contributed by atoms with E-state index in [9.17, 15) is 8.42 Å². The van der Waals surface area contributed by atoms with Crippen LogP contribution in [0.15, 0.2) is 70.7 Å². The molecule has 1 aromatic heterocycles. The normalized spacial score (nSPS) is 16.8. The molecule has 4 rings (SSSR count). The number of aliphatic imine (C=N–C) groups is 1. The van der Waals surface area contributed by atoms with Gasteiger partial charge in [-0.15, -0.1) is 0 Å². The summed E-state index contributed by atoms with van der Waals surface area (Å²) in [5, 5.41) is 3.84. The zero-order valence-electron chi connectivity index (χ0n) is 15.6. The number of nitrogens with one attached hydrogen (secondary N) is 2. The van der Waals surface area contributed by atoms with Gasteiger partial charge in [0.25, 0.3) is 10.0 Å². The number of rotatable bonds is 4. The Hall–Kier alpha value is -2.81. The molecule has 2 heterocycles. The maximum absolute atomic E-state index is 12.8. The molecular weight excluding hydrogens is 447 g/mol. The van der Waals surface area contributed by atoms with Crippen LogP contribution in [0.1, 0.15) is 18.7 Å². The number of nitrogens with zero attached hydrogens (tertiary/aromatic N) is 2. The van der Waals surface area contributed by atoms with Crippen LogP contribution in [0.5, 0.6) is 11.5 Å². The first-order valence-corrected chi connectivity index (χ1v) is 11.1. The fourth-order valence-corrected chi connectivity index (χ4v) is 4.53. The maximum Gasteiger partial charge on any atom is 0.266 e. The van der Waals surface area contributed by atoms with Gasteiger partial charge < -0.3 is 10.1 Å². The second-order valence-corrected chi connectivity index (χ2v) is 8.88. The lowest BCUT2D eigenvalue weighted by molar-refractivity contribution is 0.483. The van der Waals surface area contributed by atoms with E-state index < -0.39 is 16.1 Å². The molecule has 154 valence electrons. The van der Waals surface area contributed by atoms with Crippen molar-refractivity contribution in [2.45, 2.75) is 17.9 Å². The lowest BCUT2D eigenvalue weighted by Gasteiger charge is -2.24. The number of hydrogen-bond donors (Lipinski definition) is 2. The van der Waals surface area contributed by atoms with Gasteiger partial charge in [-0.2, -0.15) is 0 Å². The number of para-hydroxylation sites is 2. The molecule has 0 saturated heterocycles. The minimum Gasteiger partial charge on any atom is -0.454 e. The highest BCUT2D eigenvalue weighted by molar-refractivity contribution is 7.90. The molecule has 0 spiro atoms. The molecule has 7 nitrogen and oxygen atoms in total. The highest BCUT2D eigenvalue weighted by atomic mass is 35.5. The smallest absolute Gasteiger partial charge is 0.266 e. The molecule has 2 aromatic carbocycles. The molecule has 1 aliphatic rings. The quantitative estimate of drug-likeness (QED) is 0.568. The van der Waals surface area contributed by atoms with Gasteiger partial charge in [0.15, 0.2) is 5.75 Å². The highest BCUT2D eigenvalue weighted by Gasteiger charge is 2.30. The van der Waals surface area contributed by atoms with Crippen molar-refractivity contribution in [2.24, 2.45) is 4.99 Å². The monoisotopic (exact) mass is 462 g/mol. The van der Waals surface area contributed by atoms with Crippen molar-refractivity contribution >= 4 is 44.9 Å². The summed E-state index contributed by atoms with van der Waals surface area (Å²) in [4.78, 5) is 8.67. The lowest BCUT2D eigenvalue weighted by Crippen LogP contribution is -2.41. The van der Waals surface area contributed by atoms with Gasteiger partial charge in [0.2, 0.25) is 5.96 Å². The Kier molecular flexibility index (Phi) is 5.55. The summed E-state index contributed by atoms with van der Waals surface area (Å²) in [5.41, 5.74) is 0.785. The molecule has 0 saturated carbocycles. The van der Waals surface area contributed by atoms with Crippen LogP contribution in [0.3, 0.4) is 0 Å². The van der Waals surface area contributed by atoms with Crippen molar-refractivity contribution in [3.8, 4) is 11.5 Å². The molecule has 30 heavy (non-hydrogen) atoms. The standard InChI is InChI=1S/C20H16Cl2N4O3S/c1-12(18-14(22)7-5-11-23-18)24-20-25-19-16(29-15-8-3-2-6-13(15)21)9-4-10-17(19)30(27,28)26-20/h2-12H,1H3,(H2,24,25,26). The van der Waals surface area contributed by atoms with Gasteiger partial charge in [0.1, 0.15) is 16.3 Å². The van der Waals surface area contributed by atoms with E-state index in [-0.39, 0.29) is 16.5 Å². The molecule has 0 fully saturated rings. The summed E-state index contributed by atoms with van der Waals surface area (Å²) >= 11 is 12.4. The number of guanidine groups is 1. The summed E-state index contributed by atoms with van der Waals surface area (Å²) in [6.07, 6.45) is 1.60. The number of hydrogen-bond acceptors (Lipinski definition) is 5. The Bertz CT molecular complexity index is 1250. The first kappa shape index (κ1) is 20.5. The number of pyridine rings is 1. The Morgan fingerprint density at radius 1 is 1.00 bits per heavy atom. The predicted octanol–water partition coefficient (Wildman–Crippen LogP) is 5.00. The topological polar surface area (TPSA) is 92.7 Å². The van der Waals surface area contributed by atoms with E-state index in [0.717, 1.165) is 0 Å². The molecule has 2 N–H and O–H groups in total. The van der Waals surface area contributed by atoms with Crippen LogP contribution in [0.25, 0.3) is 0 Å². The molecule has 3 aromatic rings. The van der Waals surface area contributed by atoms with Gasteiger partial charge in [-0.05, 0) is 43.3 Å². The lowest BCUT2D eigenvalue weighted by atomic mass is 10.2. The summed E-state index contributed by atoms with van der Waals surface area (Å²) < 4.78 is 33.9. The average Bonchev–Trinajstić information content (AvgIpc) is 2.70. The van der Waals surface area contributed by atoms with Crippen LogP contribution >= 0.6 is 23.2 Å². The van der Waals surface area contributed by atoms with Gasteiger partial charge in [-0.3, -0.25) is 4.98 Å². The van der Waals surface area contributed by atoms with Crippen LogP contribution in [0, 0.1) is 0 Å². The fraction of sp³-hybridized carbons (Fsp3) is 0.100. The zero-order chi connectivity index (χ0) is 21.3. The van der Waals surface area contributed by atoms with Crippen LogP contribution in [0.2, 0.25) is 10.0 Å². The average molecular weight is 463 g/mol. The molecule has 0 radical (unpaired) electrons. The van der Waals surface area contributed by atoms with Crippen molar-refractivity contribution in [3.05, 3.63) is 76.5 Å². The first-order valence-electron chi connectivity index (χ1n) is 8.88. The maximum atomic E-state index is 12.8. The van der Waals surface area contributed by atoms with Crippen molar-refractivity contribution in [3.63, 3.8) is 0 Å². The molecule has 0 aliphatic carbocycles. The van der Waals surface area contributed by atoms with E-state index in [1.54, 1.807) is 61.7 Å². The Morgan fingerprint density at radius 2 is 1.73 bits per heavy atom. The molecule has 1 aliphatic heterocycles. The van der Waals surface area contributed by atoms with Crippen molar-refractivity contribution in [1.82, 2.24) is 9.71 Å². The van der Waals surface area contributed by atoms with Crippen LogP contribution in [-0.2, 0) is 10.0 Å². The first-order chi connectivity index (χ1) is 14.3. The zero-order valence-corrected chi connectivity index (χ0v) is 18.0. The third-order valence-corrected chi connectivity index (χ3v) is 6.33. The second kappa shape index (κ2) is 8.14. The van der Waals surface area contributed by atoms with E-state index >= 15 is 0 Å². The summed E-state index contributed by atoms with van der Waals surface area (Å²) in [5.74, 6) is 0.728. The van der Waals surface area contributed by atoms with Gasteiger partial charge in [0, 0.05) is 6.20 Å². The largest absolute Gasteiger partial charge is 0.454 e. The summed E-state index contributed by atoms with van der Waals surface area (Å²) in [6.45, 7) is 1.76. The van der Waals surface area contributed by atoms with E-state index in [1.807, 2.05) is 0 Å². The Morgan fingerprint density at radius 3 is 2.50 bits per heavy atom. The van der Waals surface area contributed by atoms with Crippen molar-refractivity contribution in [1.29, 1.82) is 0 Å². The number of fused-ring (bicyclic) bond motifs is 1. The molecule has 1 unspecified atom stereocenters. The third-order valence-electron chi connectivity index (χ3n) is 4.31. The van der Waals surface area contributed by atoms with Crippen LogP contribution in [0.4, 0.5) is 5.69 Å². The number of sulfonamides is 1. The molecule has 0 amide bonds. The number of halogens is 2. The molecular formula is C20H16Cl2N4O3S. The number of anilines is 1. The van der Waals surface area contributed by atoms with Gasteiger partial charge >= 0.3 is 0 Å². The predicted molar refractivity (Wildman–Crippen MR) is 117 cm³/mol. The highest BCUT2D eigenvalue weighted by Crippen LogP contribution is 2.38. The van der Waals surface area contributed by atoms with E-state index in [4.69, 9.17) is 27.9 Å².